The Balaban J connectivity index is 1.86. The Morgan fingerprint density at radius 2 is 2.11 bits per heavy atom. The molecule has 2 rings (SSSR count). The summed E-state index contributed by atoms with van der Waals surface area (Å²) in [4.78, 5) is 10.5. The lowest BCUT2D eigenvalue weighted by Crippen LogP contribution is -1.98. The molecule has 1 aromatic heterocycles. The molecule has 2 aromatic rings. The van der Waals surface area contributed by atoms with Crippen LogP contribution in [0.15, 0.2) is 34.9 Å². The van der Waals surface area contributed by atoms with Crippen LogP contribution in [-0.2, 0) is 17.8 Å². The number of aryl methyl sites for hydroxylation is 2. The molecule has 0 amide bonds. The maximum atomic E-state index is 10.5. The molecular formula is C14H15NO4. The number of carbonyl (C=O) groups is 1. The van der Waals surface area contributed by atoms with Gasteiger partial charge in [-0.1, -0.05) is 17.3 Å². The van der Waals surface area contributed by atoms with Crippen molar-refractivity contribution in [3.63, 3.8) is 0 Å². The van der Waals surface area contributed by atoms with E-state index in [-0.39, 0.29) is 6.42 Å². The molecule has 0 spiro atoms. The molecule has 1 aromatic carbocycles. The number of benzene rings is 1. The van der Waals surface area contributed by atoms with Crippen LogP contribution in [0.4, 0.5) is 0 Å². The van der Waals surface area contributed by atoms with Crippen LogP contribution in [0.1, 0.15) is 23.4 Å². The first-order valence-electron chi connectivity index (χ1n) is 5.99. The van der Waals surface area contributed by atoms with Crippen LogP contribution in [0, 0.1) is 6.92 Å². The molecule has 19 heavy (non-hydrogen) atoms. The maximum absolute atomic E-state index is 10.5. The second-order valence-corrected chi connectivity index (χ2v) is 4.26. The van der Waals surface area contributed by atoms with Crippen molar-refractivity contribution < 1.29 is 19.2 Å². The number of hydrogen-bond donors (Lipinski definition) is 1. The van der Waals surface area contributed by atoms with Crippen molar-refractivity contribution >= 4 is 5.97 Å². The van der Waals surface area contributed by atoms with Crippen molar-refractivity contribution in [2.45, 2.75) is 26.4 Å². The molecule has 0 unspecified atom stereocenters. The molecule has 100 valence electrons. The molecule has 1 N–H and O–H groups in total. The quantitative estimate of drug-likeness (QED) is 0.865. The van der Waals surface area contributed by atoms with Crippen molar-refractivity contribution in [2.75, 3.05) is 0 Å². The zero-order valence-electron chi connectivity index (χ0n) is 10.6. The summed E-state index contributed by atoms with van der Waals surface area (Å²) in [7, 11) is 0. The number of aliphatic carboxylic acids is 1. The average molecular weight is 261 g/mol. The third-order valence-electron chi connectivity index (χ3n) is 2.61. The van der Waals surface area contributed by atoms with Crippen LogP contribution >= 0.6 is 0 Å². The van der Waals surface area contributed by atoms with Crippen molar-refractivity contribution in [3.8, 4) is 5.75 Å². The number of nitrogens with zero attached hydrogens (tertiary/aromatic N) is 1. The van der Waals surface area contributed by atoms with Gasteiger partial charge in [0.25, 0.3) is 0 Å². The summed E-state index contributed by atoms with van der Waals surface area (Å²) in [5, 5.41) is 12.4. The van der Waals surface area contributed by atoms with Crippen molar-refractivity contribution in [2.24, 2.45) is 0 Å². The van der Waals surface area contributed by atoms with E-state index in [4.69, 9.17) is 14.4 Å². The van der Waals surface area contributed by atoms with Crippen LogP contribution in [0.2, 0.25) is 0 Å². The summed E-state index contributed by atoms with van der Waals surface area (Å²) in [5.74, 6) is 0.684. The first kappa shape index (κ1) is 13.1. The van der Waals surface area contributed by atoms with E-state index >= 15 is 0 Å². The lowest BCUT2D eigenvalue weighted by molar-refractivity contribution is -0.136. The van der Waals surface area contributed by atoms with Crippen LogP contribution in [0.5, 0.6) is 5.75 Å². The Kier molecular flexibility index (Phi) is 4.18. The Bertz CT molecular complexity index is 545. The normalized spacial score (nSPS) is 10.4. The topological polar surface area (TPSA) is 72.6 Å². The van der Waals surface area contributed by atoms with Gasteiger partial charge >= 0.3 is 5.97 Å². The molecule has 5 nitrogen and oxygen atoms in total. The van der Waals surface area contributed by atoms with E-state index in [9.17, 15) is 4.79 Å². The maximum Gasteiger partial charge on any atom is 0.303 e. The molecule has 1 heterocycles. The highest BCUT2D eigenvalue weighted by Gasteiger charge is 2.02. The fraction of sp³-hybridized carbons (Fsp3) is 0.286. The molecule has 0 saturated carbocycles. The third-order valence-corrected chi connectivity index (χ3v) is 2.61. The smallest absolute Gasteiger partial charge is 0.303 e. The monoisotopic (exact) mass is 261 g/mol. The minimum Gasteiger partial charge on any atom is -0.487 e. The molecule has 0 aliphatic rings. The Morgan fingerprint density at radius 3 is 2.68 bits per heavy atom. The summed E-state index contributed by atoms with van der Waals surface area (Å²) in [6.07, 6.45) is 0.663. The zero-order valence-corrected chi connectivity index (χ0v) is 10.6. The van der Waals surface area contributed by atoms with E-state index in [2.05, 4.69) is 5.16 Å². The SMILES string of the molecule is Cc1cc(COc2ccc(CCC(=O)O)cc2)no1. The van der Waals surface area contributed by atoms with Gasteiger partial charge in [0.05, 0.1) is 0 Å². The lowest BCUT2D eigenvalue weighted by Gasteiger charge is -2.05. The first-order valence-corrected chi connectivity index (χ1v) is 5.99. The Hall–Kier alpha value is -2.30. The van der Waals surface area contributed by atoms with Gasteiger partial charge in [0.15, 0.2) is 0 Å². The van der Waals surface area contributed by atoms with Crippen molar-refractivity contribution in [1.29, 1.82) is 0 Å². The fourth-order valence-corrected chi connectivity index (χ4v) is 1.65. The van der Waals surface area contributed by atoms with E-state index < -0.39 is 5.97 Å². The van der Waals surface area contributed by atoms with Gasteiger partial charge in [-0.05, 0) is 31.0 Å². The number of carboxylic acids is 1. The fourth-order valence-electron chi connectivity index (χ4n) is 1.65. The highest BCUT2D eigenvalue weighted by Crippen LogP contribution is 2.15. The van der Waals surface area contributed by atoms with Gasteiger partial charge < -0.3 is 14.4 Å². The summed E-state index contributed by atoms with van der Waals surface area (Å²) in [6.45, 7) is 2.18. The van der Waals surface area contributed by atoms with Gasteiger partial charge in [-0.25, -0.2) is 0 Å². The van der Waals surface area contributed by atoms with Gasteiger partial charge in [-0.15, -0.1) is 0 Å². The van der Waals surface area contributed by atoms with Gasteiger partial charge in [0, 0.05) is 12.5 Å². The highest BCUT2D eigenvalue weighted by atomic mass is 16.5. The summed E-state index contributed by atoms with van der Waals surface area (Å²) in [6, 6.07) is 9.20. The minimum absolute atomic E-state index is 0.137. The summed E-state index contributed by atoms with van der Waals surface area (Å²) < 4.78 is 10.5. The van der Waals surface area contributed by atoms with E-state index in [1.807, 2.05) is 37.3 Å². The third kappa shape index (κ3) is 4.13. The number of hydrogen-bond acceptors (Lipinski definition) is 4. The largest absolute Gasteiger partial charge is 0.487 e. The van der Waals surface area contributed by atoms with Crippen LogP contribution < -0.4 is 4.74 Å². The van der Waals surface area contributed by atoms with Crippen molar-refractivity contribution in [3.05, 3.63) is 47.3 Å². The van der Waals surface area contributed by atoms with Crippen LogP contribution in [0.3, 0.4) is 0 Å². The molecule has 0 bridgehead atoms. The zero-order chi connectivity index (χ0) is 13.7. The second kappa shape index (κ2) is 6.04. The second-order valence-electron chi connectivity index (χ2n) is 4.26. The molecule has 0 fully saturated rings. The molecule has 0 atom stereocenters. The Morgan fingerprint density at radius 1 is 1.37 bits per heavy atom. The summed E-state index contributed by atoms with van der Waals surface area (Å²) >= 11 is 0. The minimum atomic E-state index is -0.790. The predicted molar refractivity (Wildman–Crippen MR) is 68.0 cm³/mol. The number of ether oxygens (including phenoxy) is 1. The predicted octanol–water partition coefficient (Wildman–Crippen LogP) is 2.58. The van der Waals surface area contributed by atoms with E-state index in [0.717, 1.165) is 22.8 Å². The number of aromatic nitrogens is 1. The molecule has 0 saturated heterocycles. The summed E-state index contributed by atoms with van der Waals surface area (Å²) in [5.41, 5.74) is 1.72. The van der Waals surface area contributed by atoms with Crippen LogP contribution in [0.25, 0.3) is 0 Å². The number of carboxylic acid groups (broad SMARTS) is 1. The standard InChI is InChI=1S/C14H15NO4/c1-10-8-12(15-19-10)9-18-13-5-2-11(3-6-13)4-7-14(16)17/h2-3,5-6,8H,4,7,9H2,1H3,(H,16,17). The van der Waals surface area contributed by atoms with Gasteiger partial charge in [0.1, 0.15) is 23.8 Å². The van der Waals surface area contributed by atoms with E-state index in [1.165, 1.54) is 0 Å². The first-order chi connectivity index (χ1) is 9.13. The molecule has 0 aliphatic carbocycles. The Labute approximate surface area is 110 Å². The van der Waals surface area contributed by atoms with Gasteiger partial charge in [0.2, 0.25) is 0 Å². The molecule has 0 radical (unpaired) electrons. The highest BCUT2D eigenvalue weighted by molar-refractivity contribution is 5.67. The van der Waals surface area contributed by atoms with Crippen LogP contribution in [-0.4, -0.2) is 16.2 Å². The molecule has 5 heteroatoms. The lowest BCUT2D eigenvalue weighted by atomic mass is 10.1. The van der Waals surface area contributed by atoms with E-state index in [1.54, 1.807) is 0 Å². The van der Waals surface area contributed by atoms with Gasteiger partial charge in [-0.2, -0.15) is 0 Å². The number of rotatable bonds is 6. The molecule has 0 aliphatic heterocycles. The van der Waals surface area contributed by atoms with Gasteiger partial charge in [-0.3, -0.25) is 4.79 Å². The molecular weight excluding hydrogens is 246 g/mol. The van der Waals surface area contributed by atoms with E-state index in [0.29, 0.717) is 13.0 Å². The van der Waals surface area contributed by atoms with Crippen molar-refractivity contribution in [1.82, 2.24) is 5.16 Å². The average Bonchev–Trinajstić information content (AvgIpc) is 2.81.